The second-order valence-corrected chi connectivity index (χ2v) is 5.28. The number of aromatic hydroxyl groups is 2. The predicted molar refractivity (Wildman–Crippen MR) is 81.6 cm³/mol. The summed E-state index contributed by atoms with van der Waals surface area (Å²) in [4.78, 5) is 12.0. The Kier molecular flexibility index (Phi) is 3.94. The maximum absolute atomic E-state index is 12.0. The fourth-order valence-electron chi connectivity index (χ4n) is 1.58. The molecule has 0 aliphatic rings. The van der Waals surface area contributed by atoms with Crippen LogP contribution in [-0.4, -0.2) is 16.1 Å². The van der Waals surface area contributed by atoms with Gasteiger partial charge in [-0.15, -0.1) is 0 Å². The average molecular weight is 369 g/mol. The molecule has 0 radical (unpaired) electrons. The first kappa shape index (κ1) is 13.7. The third kappa shape index (κ3) is 3.17. The lowest BCUT2D eigenvalue weighted by molar-refractivity contribution is 0.102. The Labute approximate surface area is 124 Å². The van der Waals surface area contributed by atoms with Crippen molar-refractivity contribution in [2.45, 2.75) is 6.92 Å². The molecule has 0 saturated carbocycles. The Morgan fingerprint density at radius 2 is 1.89 bits per heavy atom. The molecule has 4 nitrogen and oxygen atoms in total. The number of anilines is 1. The second-order valence-electron chi connectivity index (χ2n) is 4.12. The lowest BCUT2D eigenvalue weighted by Crippen LogP contribution is -2.12. The molecule has 19 heavy (non-hydrogen) atoms. The van der Waals surface area contributed by atoms with E-state index in [2.05, 4.69) is 27.9 Å². The van der Waals surface area contributed by atoms with E-state index in [4.69, 9.17) is 0 Å². The van der Waals surface area contributed by atoms with E-state index in [1.807, 2.05) is 19.1 Å². The van der Waals surface area contributed by atoms with Crippen molar-refractivity contribution in [3.63, 3.8) is 0 Å². The number of benzene rings is 2. The molecular weight excluding hydrogens is 357 g/mol. The van der Waals surface area contributed by atoms with Crippen LogP contribution < -0.4 is 5.32 Å². The first-order valence-corrected chi connectivity index (χ1v) is 6.65. The van der Waals surface area contributed by atoms with Crippen molar-refractivity contribution >= 4 is 34.2 Å². The molecule has 98 valence electrons. The summed E-state index contributed by atoms with van der Waals surface area (Å²) in [6, 6.07) is 9.42. The van der Waals surface area contributed by atoms with Gasteiger partial charge in [-0.2, -0.15) is 0 Å². The summed E-state index contributed by atoms with van der Waals surface area (Å²) < 4.78 is 1.05. The van der Waals surface area contributed by atoms with Gasteiger partial charge in [-0.3, -0.25) is 4.79 Å². The number of phenolic OH excluding ortho intramolecular Hbond substituents is 2. The average Bonchev–Trinajstić information content (AvgIpc) is 2.33. The van der Waals surface area contributed by atoms with Crippen LogP contribution in [0.15, 0.2) is 36.4 Å². The van der Waals surface area contributed by atoms with Gasteiger partial charge in [0.2, 0.25) is 0 Å². The molecule has 0 spiro atoms. The summed E-state index contributed by atoms with van der Waals surface area (Å²) in [5.41, 5.74) is 1.91. The summed E-state index contributed by atoms with van der Waals surface area (Å²) in [6.45, 7) is 1.99. The van der Waals surface area contributed by atoms with Crippen molar-refractivity contribution < 1.29 is 15.0 Å². The van der Waals surface area contributed by atoms with Crippen molar-refractivity contribution in [1.29, 1.82) is 0 Å². The molecular formula is C14H12INO3. The number of carbonyl (C=O) groups is 1. The molecule has 0 atom stereocenters. The van der Waals surface area contributed by atoms with Gasteiger partial charge in [0.15, 0.2) is 0 Å². The van der Waals surface area contributed by atoms with Gasteiger partial charge in [-0.05, 0) is 59.3 Å². The van der Waals surface area contributed by atoms with Crippen molar-refractivity contribution in [3.05, 3.63) is 51.1 Å². The van der Waals surface area contributed by atoms with Gasteiger partial charge in [-0.1, -0.05) is 6.07 Å². The van der Waals surface area contributed by atoms with Gasteiger partial charge < -0.3 is 15.5 Å². The van der Waals surface area contributed by atoms with E-state index >= 15 is 0 Å². The third-order valence-corrected chi connectivity index (χ3v) is 3.82. The summed E-state index contributed by atoms with van der Waals surface area (Å²) in [7, 11) is 0. The summed E-state index contributed by atoms with van der Waals surface area (Å²) in [5.74, 6) is -0.754. The van der Waals surface area contributed by atoms with Crippen LogP contribution in [0.2, 0.25) is 0 Å². The number of aryl methyl sites for hydroxylation is 1. The zero-order valence-corrected chi connectivity index (χ0v) is 12.3. The molecule has 2 aromatic carbocycles. The number of nitrogens with one attached hydrogen (secondary N) is 1. The highest BCUT2D eigenvalue weighted by Crippen LogP contribution is 2.24. The van der Waals surface area contributed by atoms with Gasteiger partial charge in [0.1, 0.15) is 11.5 Å². The zero-order chi connectivity index (χ0) is 14.0. The highest BCUT2D eigenvalue weighted by Gasteiger charge is 2.12. The van der Waals surface area contributed by atoms with Gasteiger partial charge in [0.05, 0.1) is 5.56 Å². The number of hydrogen-bond donors (Lipinski definition) is 3. The Bertz CT molecular complexity index is 641. The maximum atomic E-state index is 12.0. The number of phenols is 2. The van der Waals surface area contributed by atoms with Crippen LogP contribution in [0.4, 0.5) is 5.69 Å². The van der Waals surface area contributed by atoms with E-state index in [9.17, 15) is 15.0 Å². The Balaban J connectivity index is 2.23. The molecule has 0 aliphatic heterocycles. The number of hydrogen-bond acceptors (Lipinski definition) is 3. The molecule has 2 rings (SSSR count). The molecule has 0 saturated heterocycles. The Hall–Kier alpha value is -1.76. The zero-order valence-electron chi connectivity index (χ0n) is 10.1. The van der Waals surface area contributed by atoms with Crippen LogP contribution in [0.3, 0.4) is 0 Å². The minimum atomic E-state index is -0.419. The third-order valence-electron chi connectivity index (χ3n) is 2.66. The molecule has 3 N–H and O–H groups in total. The molecule has 1 amide bonds. The van der Waals surface area contributed by atoms with Gasteiger partial charge >= 0.3 is 0 Å². The summed E-state index contributed by atoms with van der Waals surface area (Å²) >= 11 is 2.19. The van der Waals surface area contributed by atoms with Crippen LogP contribution in [-0.2, 0) is 0 Å². The smallest absolute Gasteiger partial charge is 0.259 e. The molecule has 0 unspecified atom stereocenters. The number of halogens is 1. The van der Waals surface area contributed by atoms with Crippen LogP contribution in [0.25, 0.3) is 0 Å². The quantitative estimate of drug-likeness (QED) is 0.712. The van der Waals surface area contributed by atoms with E-state index in [1.54, 1.807) is 6.07 Å². The van der Waals surface area contributed by atoms with Crippen LogP contribution in [0, 0.1) is 10.5 Å². The van der Waals surface area contributed by atoms with Gasteiger partial charge in [0.25, 0.3) is 5.91 Å². The fraction of sp³-hybridized carbons (Fsp3) is 0.0714. The van der Waals surface area contributed by atoms with E-state index in [1.165, 1.54) is 12.1 Å². The van der Waals surface area contributed by atoms with Crippen molar-refractivity contribution in [1.82, 2.24) is 0 Å². The molecule has 0 aromatic heterocycles. The Morgan fingerprint density at radius 1 is 1.16 bits per heavy atom. The Morgan fingerprint density at radius 3 is 2.53 bits per heavy atom. The number of rotatable bonds is 2. The second kappa shape index (κ2) is 5.48. The topological polar surface area (TPSA) is 69.6 Å². The highest BCUT2D eigenvalue weighted by molar-refractivity contribution is 14.1. The van der Waals surface area contributed by atoms with E-state index in [0.717, 1.165) is 15.2 Å². The van der Waals surface area contributed by atoms with Crippen molar-refractivity contribution in [2.24, 2.45) is 0 Å². The predicted octanol–water partition coefficient (Wildman–Crippen LogP) is 3.26. The summed E-state index contributed by atoms with van der Waals surface area (Å²) in [5, 5.41) is 21.5. The van der Waals surface area contributed by atoms with E-state index in [0.29, 0.717) is 5.69 Å². The van der Waals surface area contributed by atoms with Gasteiger partial charge in [0, 0.05) is 15.3 Å². The first-order valence-electron chi connectivity index (χ1n) is 5.57. The molecule has 0 fully saturated rings. The minimum Gasteiger partial charge on any atom is -0.508 e. The highest BCUT2D eigenvalue weighted by atomic mass is 127. The molecule has 2 aromatic rings. The maximum Gasteiger partial charge on any atom is 0.259 e. The largest absolute Gasteiger partial charge is 0.508 e. The number of carbonyl (C=O) groups excluding carboxylic acids is 1. The minimum absolute atomic E-state index is 0.0843. The van der Waals surface area contributed by atoms with Crippen molar-refractivity contribution in [2.75, 3.05) is 5.32 Å². The molecule has 5 heteroatoms. The SMILES string of the molecule is Cc1ccc(NC(=O)c2ccc(O)cc2O)cc1I. The normalized spacial score (nSPS) is 10.2. The molecule has 0 heterocycles. The molecule has 0 bridgehead atoms. The molecule has 0 aliphatic carbocycles. The summed E-state index contributed by atoms with van der Waals surface area (Å²) in [6.07, 6.45) is 0. The lowest BCUT2D eigenvalue weighted by Gasteiger charge is -2.08. The van der Waals surface area contributed by atoms with Gasteiger partial charge in [-0.25, -0.2) is 0 Å². The standard InChI is InChI=1S/C14H12INO3/c1-8-2-3-9(6-12(8)15)16-14(19)11-5-4-10(17)7-13(11)18/h2-7,17-18H,1H3,(H,16,19). The van der Waals surface area contributed by atoms with Crippen LogP contribution in [0.5, 0.6) is 11.5 Å². The van der Waals surface area contributed by atoms with Crippen LogP contribution in [0.1, 0.15) is 15.9 Å². The van der Waals surface area contributed by atoms with E-state index in [-0.39, 0.29) is 17.1 Å². The van der Waals surface area contributed by atoms with E-state index < -0.39 is 5.91 Å². The van der Waals surface area contributed by atoms with Crippen LogP contribution >= 0.6 is 22.6 Å². The monoisotopic (exact) mass is 369 g/mol. The first-order chi connectivity index (χ1) is 8.97. The lowest BCUT2D eigenvalue weighted by atomic mass is 10.1. The fourth-order valence-corrected chi connectivity index (χ4v) is 2.10. The van der Waals surface area contributed by atoms with Crippen molar-refractivity contribution in [3.8, 4) is 11.5 Å². The number of amides is 1.